The molecule has 1 aromatic carbocycles. The summed E-state index contributed by atoms with van der Waals surface area (Å²) in [4.78, 5) is 3.27. The van der Waals surface area contributed by atoms with E-state index in [-0.39, 0.29) is 0 Å². The molecule has 0 aliphatic carbocycles. The lowest BCUT2D eigenvalue weighted by Crippen LogP contribution is -1.98. The van der Waals surface area contributed by atoms with Gasteiger partial charge in [0.2, 0.25) is 0 Å². The summed E-state index contributed by atoms with van der Waals surface area (Å²) in [5.74, 6) is 0.794. The highest BCUT2D eigenvalue weighted by Gasteiger charge is 2.03. The van der Waals surface area contributed by atoms with E-state index in [9.17, 15) is 0 Å². The summed E-state index contributed by atoms with van der Waals surface area (Å²) in [6, 6.07) is 8.86. The van der Waals surface area contributed by atoms with Crippen molar-refractivity contribution in [3.8, 4) is 0 Å². The van der Waals surface area contributed by atoms with Crippen LogP contribution in [0.15, 0.2) is 30.5 Å². The minimum atomic E-state index is 0.794. The molecule has 1 heteroatoms. The fourth-order valence-electron chi connectivity index (χ4n) is 2.22. The molecule has 0 fully saturated rings. The average Bonchev–Trinajstić information content (AvgIpc) is 2.65. The van der Waals surface area contributed by atoms with E-state index in [4.69, 9.17) is 0 Å². The van der Waals surface area contributed by atoms with Crippen LogP contribution in [0.25, 0.3) is 10.9 Å². The van der Waals surface area contributed by atoms with Gasteiger partial charge in [0.25, 0.3) is 0 Å². The number of fused-ring (bicyclic) bond motifs is 1. The number of hydrogen-bond acceptors (Lipinski definition) is 0. The molecule has 80 valence electrons. The van der Waals surface area contributed by atoms with E-state index in [1.54, 1.807) is 0 Å². The summed E-state index contributed by atoms with van der Waals surface area (Å²) in [6.45, 7) is 4.59. The highest BCUT2D eigenvalue weighted by atomic mass is 14.7. The van der Waals surface area contributed by atoms with Gasteiger partial charge in [-0.15, -0.1) is 0 Å². The summed E-state index contributed by atoms with van der Waals surface area (Å²) in [5.41, 5.74) is 2.71. The first-order valence-electron chi connectivity index (χ1n) is 5.85. The quantitative estimate of drug-likeness (QED) is 0.765. The molecular weight excluding hydrogens is 182 g/mol. The van der Waals surface area contributed by atoms with Crippen molar-refractivity contribution >= 4 is 10.9 Å². The van der Waals surface area contributed by atoms with Crippen LogP contribution in [0, 0.1) is 5.92 Å². The van der Waals surface area contributed by atoms with Gasteiger partial charge < -0.3 is 4.98 Å². The Labute approximate surface area is 91.5 Å². The number of benzene rings is 1. The van der Waals surface area contributed by atoms with Gasteiger partial charge in [0.15, 0.2) is 0 Å². The van der Waals surface area contributed by atoms with E-state index >= 15 is 0 Å². The zero-order valence-electron chi connectivity index (χ0n) is 9.59. The highest BCUT2D eigenvalue weighted by molar-refractivity contribution is 5.79. The molecular formula is C14H19N. The first-order valence-corrected chi connectivity index (χ1v) is 5.85. The monoisotopic (exact) mass is 201 g/mol. The molecule has 1 N–H and O–H groups in total. The molecule has 1 atom stereocenters. The second-order valence-corrected chi connectivity index (χ2v) is 4.50. The first kappa shape index (κ1) is 10.3. The second-order valence-electron chi connectivity index (χ2n) is 4.50. The predicted molar refractivity (Wildman–Crippen MR) is 66.1 cm³/mol. The zero-order chi connectivity index (χ0) is 10.7. The van der Waals surface area contributed by atoms with Gasteiger partial charge in [-0.2, -0.15) is 0 Å². The van der Waals surface area contributed by atoms with E-state index in [1.807, 2.05) is 6.20 Å². The molecule has 15 heavy (non-hydrogen) atoms. The van der Waals surface area contributed by atoms with Gasteiger partial charge in [0, 0.05) is 11.7 Å². The van der Waals surface area contributed by atoms with Crippen molar-refractivity contribution < 1.29 is 0 Å². The van der Waals surface area contributed by atoms with Crippen molar-refractivity contribution in [2.24, 2.45) is 5.92 Å². The van der Waals surface area contributed by atoms with Gasteiger partial charge in [0.1, 0.15) is 0 Å². The molecule has 1 heterocycles. The van der Waals surface area contributed by atoms with E-state index in [0.29, 0.717) is 0 Å². The van der Waals surface area contributed by atoms with Crippen LogP contribution >= 0.6 is 0 Å². The third-order valence-electron chi connectivity index (χ3n) is 2.99. The lowest BCUT2D eigenvalue weighted by Gasteiger charge is -2.09. The summed E-state index contributed by atoms with van der Waals surface area (Å²) in [7, 11) is 0. The molecule has 1 unspecified atom stereocenters. The molecule has 0 saturated heterocycles. The molecule has 0 bridgehead atoms. The Morgan fingerprint density at radius 1 is 1.27 bits per heavy atom. The number of hydrogen-bond donors (Lipinski definition) is 1. The smallest absolute Gasteiger partial charge is 0.0456 e. The van der Waals surface area contributed by atoms with Crippen LogP contribution in [-0.2, 0) is 6.42 Å². The van der Waals surface area contributed by atoms with Crippen molar-refractivity contribution in [1.29, 1.82) is 0 Å². The predicted octanol–water partition coefficient (Wildman–Crippen LogP) is 4.15. The molecule has 0 saturated carbocycles. The standard InChI is InChI=1S/C14H19N/c1-3-4-11(2)9-12-5-6-13-7-8-15-14(13)10-12/h5-8,10-11,15H,3-4,9H2,1-2H3. The second kappa shape index (κ2) is 4.52. The van der Waals surface area contributed by atoms with Crippen LogP contribution in [0.5, 0.6) is 0 Å². The minimum absolute atomic E-state index is 0.794. The summed E-state index contributed by atoms with van der Waals surface area (Å²) in [6.07, 6.45) is 5.81. The SMILES string of the molecule is CCCC(C)Cc1ccc2cc[nH]c2c1. The van der Waals surface area contributed by atoms with Crippen LogP contribution in [0.3, 0.4) is 0 Å². The molecule has 0 aliphatic rings. The van der Waals surface area contributed by atoms with Gasteiger partial charge in [-0.3, -0.25) is 0 Å². The summed E-state index contributed by atoms with van der Waals surface area (Å²) >= 11 is 0. The third kappa shape index (κ3) is 2.41. The maximum atomic E-state index is 3.27. The lowest BCUT2D eigenvalue weighted by molar-refractivity contribution is 0.523. The largest absolute Gasteiger partial charge is 0.361 e. The number of H-pyrrole nitrogens is 1. The normalized spacial score (nSPS) is 13.2. The minimum Gasteiger partial charge on any atom is -0.361 e. The lowest BCUT2D eigenvalue weighted by atomic mass is 9.96. The topological polar surface area (TPSA) is 15.8 Å². The Balaban J connectivity index is 2.14. The number of aromatic nitrogens is 1. The van der Waals surface area contributed by atoms with Gasteiger partial charge >= 0.3 is 0 Å². The molecule has 2 rings (SSSR count). The fraction of sp³-hybridized carbons (Fsp3) is 0.429. The van der Waals surface area contributed by atoms with Crippen LogP contribution < -0.4 is 0 Å². The first-order chi connectivity index (χ1) is 7.29. The van der Waals surface area contributed by atoms with Crippen LogP contribution in [0.4, 0.5) is 0 Å². The van der Waals surface area contributed by atoms with Gasteiger partial charge in [-0.05, 0) is 35.4 Å². The average molecular weight is 201 g/mol. The zero-order valence-corrected chi connectivity index (χ0v) is 9.59. The van der Waals surface area contributed by atoms with Crippen molar-refractivity contribution in [3.05, 3.63) is 36.0 Å². The molecule has 0 radical (unpaired) electrons. The molecule has 0 amide bonds. The van der Waals surface area contributed by atoms with Crippen molar-refractivity contribution in [1.82, 2.24) is 4.98 Å². The van der Waals surface area contributed by atoms with Crippen molar-refractivity contribution in [2.75, 3.05) is 0 Å². The number of nitrogens with one attached hydrogen (secondary N) is 1. The molecule has 1 nitrogen and oxygen atoms in total. The number of rotatable bonds is 4. The van der Waals surface area contributed by atoms with Gasteiger partial charge in [-0.25, -0.2) is 0 Å². The fourth-order valence-corrected chi connectivity index (χ4v) is 2.22. The van der Waals surface area contributed by atoms with Gasteiger partial charge in [0.05, 0.1) is 0 Å². The summed E-state index contributed by atoms with van der Waals surface area (Å²) in [5, 5.41) is 1.31. The maximum Gasteiger partial charge on any atom is 0.0456 e. The maximum absolute atomic E-state index is 3.27. The Morgan fingerprint density at radius 2 is 2.13 bits per heavy atom. The Bertz CT molecular complexity index is 428. The van der Waals surface area contributed by atoms with E-state index in [2.05, 4.69) is 43.1 Å². The van der Waals surface area contributed by atoms with Gasteiger partial charge in [-0.1, -0.05) is 38.8 Å². The Hall–Kier alpha value is -1.24. The molecule has 0 spiro atoms. The van der Waals surface area contributed by atoms with E-state index < -0.39 is 0 Å². The van der Waals surface area contributed by atoms with Crippen molar-refractivity contribution in [2.45, 2.75) is 33.1 Å². The van der Waals surface area contributed by atoms with Crippen LogP contribution in [0.1, 0.15) is 32.3 Å². The van der Waals surface area contributed by atoms with Crippen molar-refractivity contribution in [3.63, 3.8) is 0 Å². The molecule has 0 aliphatic heterocycles. The third-order valence-corrected chi connectivity index (χ3v) is 2.99. The highest BCUT2D eigenvalue weighted by Crippen LogP contribution is 2.18. The molecule has 1 aromatic heterocycles. The number of aromatic amines is 1. The Morgan fingerprint density at radius 3 is 2.93 bits per heavy atom. The summed E-state index contributed by atoms with van der Waals surface area (Å²) < 4.78 is 0. The van der Waals surface area contributed by atoms with E-state index in [0.717, 1.165) is 5.92 Å². The van der Waals surface area contributed by atoms with Crippen LogP contribution in [-0.4, -0.2) is 4.98 Å². The van der Waals surface area contributed by atoms with E-state index in [1.165, 1.54) is 35.7 Å². The molecule has 2 aromatic rings. The Kier molecular flexibility index (Phi) is 3.10. The van der Waals surface area contributed by atoms with Crippen LogP contribution in [0.2, 0.25) is 0 Å².